The summed E-state index contributed by atoms with van der Waals surface area (Å²) in [6, 6.07) is 14.6. The molecule has 2 aliphatic heterocycles. The van der Waals surface area contributed by atoms with Crippen molar-refractivity contribution >= 4 is 23.3 Å². The van der Waals surface area contributed by atoms with Crippen LogP contribution in [0.1, 0.15) is 80.4 Å². The molecule has 3 aliphatic rings. The molecule has 2 N–H and O–H groups in total. The second-order valence-corrected chi connectivity index (χ2v) is 12.9. The van der Waals surface area contributed by atoms with Gasteiger partial charge >= 0.3 is 0 Å². The number of amidine groups is 1. The average molecular weight is 545 g/mol. The summed E-state index contributed by atoms with van der Waals surface area (Å²) >= 11 is 0. The highest BCUT2D eigenvalue weighted by molar-refractivity contribution is 6.12. The highest BCUT2D eigenvalue weighted by Gasteiger charge is 2.39. The quantitative estimate of drug-likeness (QED) is 0.519. The molecule has 2 amide bonds. The van der Waals surface area contributed by atoms with Gasteiger partial charge < -0.3 is 15.3 Å². The molecule has 5 rings (SSSR count). The number of aliphatic hydroxyl groups is 1. The van der Waals surface area contributed by atoms with Crippen molar-refractivity contribution in [3.05, 3.63) is 64.7 Å². The Labute approximate surface area is 238 Å². The summed E-state index contributed by atoms with van der Waals surface area (Å²) in [6.07, 6.45) is 4.07. The number of hydrogen-bond acceptors (Lipinski definition) is 4. The summed E-state index contributed by atoms with van der Waals surface area (Å²) in [5.41, 5.74) is 4.63. The molecule has 1 saturated heterocycles. The number of benzene rings is 2. The monoisotopic (exact) mass is 544 g/mol. The topological polar surface area (TPSA) is 85.2 Å². The van der Waals surface area contributed by atoms with E-state index in [1.165, 1.54) is 11.1 Å². The van der Waals surface area contributed by atoms with Crippen molar-refractivity contribution < 1.29 is 14.7 Å². The molecule has 40 heavy (non-hydrogen) atoms. The molecule has 0 unspecified atom stereocenters. The molecule has 1 aliphatic carbocycles. The van der Waals surface area contributed by atoms with Crippen LogP contribution in [0, 0.1) is 18.8 Å². The molecule has 2 heterocycles. The number of carbonyl (C=O) groups is 2. The van der Waals surface area contributed by atoms with Crippen molar-refractivity contribution in [2.24, 2.45) is 16.8 Å². The van der Waals surface area contributed by atoms with E-state index in [1.54, 1.807) is 0 Å². The zero-order valence-electron chi connectivity index (χ0n) is 24.6. The van der Waals surface area contributed by atoms with E-state index in [4.69, 9.17) is 0 Å². The fourth-order valence-corrected chi connectivity index (χ4v) is 6.26. The van der Waals surface area contributed by atoms with Crippen LogP contribution in [0.25, 0.3) is 0 Å². The predicted molar refractivity (Wildman–Crippen MR) is 160 cm³/mol. The number of rotatable bonds is 7. The Morgan fingerprint density at radius 2 is 1.73 bits per heavy atom. The Hall–Kier alpha value is -3.03. The van der Waals surface area contributed by atoms with Gasteiger partial charge in [-0.1, -0.05) is 29.8 Å². The van der Waals surface area contributed by atoms with Gasteiger partial charge in [0.1, 0.15) is 5.84 Å². The molecular weight excluding hydrogens is 500 g/mol. The molecule has 1 saturated carbocycles. The van der Waals surface area contributed by atoms with Gasteiger partial charge in [0, 0.05) is 61.2 Å². The first kappa shape index (κ1) is 28.5. The van der Waals surface area contributed by atoms with Crippen molar-refractivity contribution in [3.8, 4) is 0 Å². The lowest BCUT2D eigenvalue weighted by atomic mass is 9.84. The average Bonchev–Trinajstić information content (AvgIpc) is 3.22. The van der Waals surface area contributed by atoms with E-state index < -0.39 is 5.60 Å². The van der Waals surface area contributed by atoms with Crippen LogP contribution in [0.2, 0.25) is 0 Å². The summed E-state index contributed by atoms with van der Waals surface area (Å²) in [5, 5.41) is 13.4. The highest BCUT2D eigenvalue weighted by Crippen LogP contribution is 2.39. The summed E-state index contributed by atoms with van der Waals surface area (Å²) in [7, 11) is 0. The molecule has 2 fully saturated rings. The van der Waals surface area contributed by atoms with Gasteiger partial charge in [-0.25, -0.2) is 0 Å². The van der Waals surface area contributed by atoms with Crippen molar-refractivity contribution in [1.82, 2.24) is 10.2 Å². The highest BCUT2D eigenvalue weighted by atomic mass is 16.3. The molecule has 7 nitrogen and oxygen atoms in total. The van der Waals surface area contributed by atoms with E-state index in [2.05, 4.69) is 38.3 Å². The third kappa shape index (κ3) is 6.31. The van der Waals surface area contributed by atoms with Crippen molar-refractivity contribution in [3.63, 3.8) is 0 Å². The summed E-state index contributed by atoms with van der Waals surface area (Å²) in [4.78, 5) is 35.2. The molecule has 0 atom stereocenters. The minimum Gasteiger partial charge on any atom is -0.390 e. The fourth-order valence-electron chi connectivity index (χ4n) is 6.26. The first-order valence-electron chi connectivity index (χ1n) is 14.8. The molecule has 0 radical (unpaired) electrons. The lowest BCUT2D eigenvalue weighted by molar-refractivity contribution is -0.126. The summed E-state index contributed by atoms with van der Waals surface area (Å²) in [6.45, 7) is 12.4. The van der Waals surface area contributed by atoms with E-state index in [1.807, 2.05) is 58.9 Å². The molecule has 0 bridgehead atoms. The van der Waals surface area contributed by atoms with Gasteiger partial charge in [-0.05, 0) is 89.6 Å². The van der Waals surface area contributed by atoms with Crippen LogP contribution in [0.4, 0.5) is 5.69 Å². The first-order chi connectivity index (χ1) is 19.0. The minimum absolute atomic E-state index is 0.0387. The van der Waals surface area contributed by atoms with E-state index in [9.17, 15) is 14.7 Å². The smallest absolute Gasteiger partial charge is 0.278 e. The standard InChI is InChI=1S/C33H44N4O3/c1-21(2)34-31(38)25-12-14-28(15-13-25)37-29-16-23(18-36-19-27(20-36)33(4,5)40)8-11-26(29)17-30(37)35-32(39)24-9-6-22(3)7-10-24/h6-11,16,21,25,27-28,40H,12-15,17-20H2,1-5H3,(H,34,38). The lowest BCUT2D eigenvalue weighted by Gasteiger charge is -2.45. The van der Waals surface area contributed by atoms with Crippen molar-refractivity contribution in [1.29, 1.82) is 0 Å². The number of nitrogens with one attached hydrogen (secondary N) is 1. The number of anilines is 1. The van der Waals surface area contributed by atoms with E-state index >= 15 is 0 Å². The fraction of sp³-hybridized carbons (Fsp3) is 0.545. The van der Waals surface area contributed by atoms with Crippen LogP contribution < -0.4 is 10.2 Å². The predicted octanol–water partition coefficient (Wildman–Crippen LogP) is 4.88. The molecule has 2 aromatic rings. The Balaban J connectivity index is 1.37. The number of amides is 2. The molecular formula is C33H44N4O3. The van der Waals surface area contributed by atoms with Gasteiger partial charge in [0.15, 0.2) is 0 Å². The number of carbonyl (C=O) groups excluding carboxylic acids is 2. The SMILES string of the molecule is Cc1ccc(C(=O)N=C2Cc3ccc(CN4CC(C(C)(C)O)C4)cc3N2C2CCC(C(=O)NC(C)C)CC2)cc1. The maximum Gasteiger partial charge on any atom is 0.278 e. The Kier molecular flexibility index (Phi) is 8.16. The molecule has 7 heteroatoms. The van der Waals surface area contributed by atoms with Gasteiger partial charge in [0.25, 0.3) is 5.91 Å². The maximum atomic E-state index is 13.2. The molecule has 2 aromatic carbocycles. The van der Waals surface area contributed by atoms with Gasteiger partial charge in [-0.15, -0.1) is 0 Å². The molecule has 214 valence electrons. The van der Waals surface area contributed by atoms with Crippen LogP contribution in [0.5, 0.6) is 0 Å². The van der Waals surface area contributed by atoms with Crippen LogP contribution in [0.3, 0.4) is 0 Å². The zero-order chi connectivity index (χ0) is 28.6. The van der Waals surface area contributed by atoms with E-state index in [0.717, 1.165) is 62.4 Å². The molecule has 0 spiro atoms. The van der Waals surface area contributed by atoms with Crippen molar-refractivity contribution in [2.45, 2.75) is 91.0 Å². The van der Waals surface area contributed by atoms with Gasteiger partial charge in [-0.3, -0.25) is 14.5 Å². The number of aliphatic imine (C=N–C) groups is 1. The van der Waals surface area contributed by atoms with Crippen LogP contribution in [-0.2, 0) is 17.8 Å². The van der Waals surface area contributed by atoms with E-state index in [0.29, 0.717) is 17.9 Å². The van der Waals surface area contributed by atoms with Crippen LogP contribution in [0.15, 0.2) is 47.5 Å². The van der Waals surface area contributed by atoms with Crippen LogP contribution in [-0.4, -0.2) is 58.4 Å². The van der Waals surface area contributed by atoms with Crippen LogP contribution >= 0.6 is 0 Å². The third-order valence-corrected chi connectivity index (χ3v) is 8.79. The minimum atomic E-state index is -0.647. The zero-order valence-corrected chi connectivity index (χ0v) is 24.6. The maximum absolute atomic E-state index is 13.2. The largest absolute Gasteiger partial charge is 0.390 e. The second-order valence-electron chi connectivity index (χ2n) is 12.9. The molecule has 0 aromatic heterocycles. The number of fused-ring (bicyclic) bond motifs is 1. The Morgan fingerprint density at radius 3 is 2.35 bits per heavy atom. The van der Waals surface area contributed by atoms with E-state index in [-0.39, 0.29) is 29.8 Å². The van der Waals surface area contributed by atoms with Crippen molar-refractivity contribution in [2.75, 3.05) is 18.0 Å². The summed E-state index contributed by atoms with van der Waals surface area (Å²) in [5.74, 6) is 1.08. The van der Waals surface area contributed by atoms with Gasteiger partial charge in [0.2, 0.25) is 5.91 Å². The number of hydrogen-bond donors (Lipinski definition) is 2. The Morgan fingerprint density at radius 1 is 1.05 bits per heavy atom. The van der Waals surface area contributed by atoms with Gasteiger partial charge in [-0.2, -0.15) is 4.99 Å². The summed E-state index contributed by atoms with van der Waals surface area (Å²) < 4.78 is 0. The third-order valence-electron chi connectivity index (χ3n) is 8.79. The number of aryl methyl sites for hydroxylation is 1. The lowest BCUT2D eigenvalue weighted by Crippen LogP contribution is -2.55. The Bertz CT molecular complexity index is 1260. The number of likely N-dealkylation sites (tertiary alicyclic amines) is 1. The second kappa shape index (κ2) is 11.5. The van der Waals surface area contributed by atoms with Gasteiger partial charge in [0.05, 0.1) is 5.60 Å². The normalized spacial score (nSPS) is 22.9. The first-order valence-corrected chi connectivity index (χ1v) is 14.8. The number of nitrogens with zero attached hydrogens (tertiary/aromatic N) is 3.